The van der Waals surface area contributed by atoms with Crippen LogP contribution < -0.4 is 4.90 Å². The van der Waals surface area contributed by atoms with Crippen molar-refractivity contribution in [3.63, 3.8) is 0 Å². The number of hydrogen-bond donors (Lipinski definition) is 1. The Morgan fingerprint density at radius 3 is 2.85 bits per heavy atom. The minimum Gasteiger partial charge on any atom is -0.476 e. The normalized spacial score (nSPS) is 14.2. The lowest BCUT2D eigenvalue weighted by Gasteiger charge is -2.28. The fraction of sp³-hybridized carbons (Fsp3) is 0.500. The molecule has 106 valence electrons. The molecule has 0 saturated heterocycles. The van der Waals surface area contributed by atoms with Crippen molar-refractivity contribution in [1.29, 1.82) is 0 Å². The van der Waals surface area contributed by atoms with Gasteiger partial charge in [-0.05, 0) is 19.3 Å². The van der Waals surface area contributed by atoms with Gasteiger partial charge in [0.15, 0.2) is 11.3 Å². The first-order valence-electron chi connectivity index (χ1n) is 7.03. The number of aromatic carboxylic acids is 1. The molecule has 0 spiro atoms. The third-order valence-corrected chi connectivity index (χ3v) is 4.07. The Hall–Kier alpha value is -2.11. The molecule has 1 aliphatic rings. The molecule has 0 fully saturated rings. The van der Waals surface area contributed by atoms with E-state index in [4.69, 9.17) is 0 Å². The van der Waals surface area contributed by atoms with Crippen LogP contribution in [0.3, 0.4) is 0 Å². The summed E-state index contributed by atoms with van der Waals surface area (Å²) in [6.45, 7) is 5.15. The second-order valence-electron chi connectivity index (χ2n) is 5.08. The number of rotatable bonds is 4. The van der Waals surface area contributed by atoms with Crippen LogP contribution >= 0.6 is 0 Å². The van der Waals surface area contributed by atoms with E-state index < -0.39 is 5.97 Å². The van der Waals surface area contributed by atoms with E-state index >= 15 is 0 Å². The molecular weight excluding hydrogens is 256 g/mol. The molecule has 0 unspecified atom stereocenters. The van der Waals surface area contributed by atoms with Gasteiger partial charge in [-0.2, -0.15) is 9.61 Å². The number of anilines is 1. The van der Waals surface area contributed by atoms with Crippen molar-refractivity contribution in [3.05, 3.63) is 23.5 Å². The second-order valence-corrected chi connectivity index (χ2v) is 5.08. The molecule has 1 N–H and O–H groups in total. The van der Waals surface area contributed by atoms with Gasteiger partial charge in [0.05, 0.1) is 6.20 Å². The summed E-state index contributed by atoms with van der Waals surface area (Å²) >= 11 is 0. The fourth-order valence-corrected chi connectivity index (χ4v) is 3.09. The zero-order chi connectivity index (χ0) is 14.3. The summed E-state index contributed by atoms with van der Waals surface area (Å²) in [7, 11) is 0. The molecular formula is C14H18N4O2. The lowest BCUT2D eigenvalue weighted by atomic mass is 10.1. The number of hydrogen-bond acceptors (Lipinski definition) is 4. The standard InChI is InChI=1S/C14H18N4O2/c1-3-9(4-2)17-8-6-10-12(14(19)20)16-11-5-7-15-18(11)13(10)17/h5,7,9H,3-4,6,8H2,1-2H3,(H,19,20). The zero-order valence-corrected chi connectivity index (χ0v) is 11.7. The lowest BCUT2D eigenvalue weighted by molar-refractivity contribution is 0.0689. The quantitative estimate of drug-likeness (QED) is 0.923. The van der Waals surface area contributed by atoms with Crippen LogP contribution in [0.2, 0.25) is 0 Å². The lowest BCUT2D eigenvalue weighted by Crippen LogP contribution is -2.34. The van der Waals surface area contributed by atoms with Crippen LogP contribution in [-0.4, -0.2) is 38.3 Å². The van der Waals surface area contributed by atoms with Crippen molar-refractivity contribution >= 4 is 17.4 Å². The molecule has 3 heterocycles. The summed E-state index contributed by atoms with van der Waals surface area (Å²) in [5, 5.41) is 13.7. The summed E-state index contributed by atoms with van der Waals surface area (Å²) in [5.41, 5.74) is 1.57. The van der Waals surface area contributed by atoms with Gasteiger partial charge in [0, 0.05) is 24.2 Å². The third-order valence-electron chi connectivity index (χ3n) is 4.07. The van der Waals surface area contributed by atoms with Gasteiger partial charge < -0.3 is 10.0 Å². The summed E-state index contributed by atoms with van der Waals surface area (Å²) in [4.78, 5) is 17.9. The van der Waals surface area contributed by atoms with Gasteiger partial charge in [0.1, 0.15) is 5.82 Å². The number of fused-ring (bicyclic) bond motifs is 3. The average Bonchev–Trinajstić information content (AvgIpc) is 3.04. The van der Waals surface area contributed by atoms with Gasteiger partial charge in [0.25, 0.3) is 0 Å². The molecule has 0 amide bonds. The minimum atomic E-state index is -0.962. The Morgan fingerprint density at radius 2 is 2.20 bits per heavy atom. The minimum absolute atomic E-state index is 0.168. The number of nitrogens with zero attached hydrogens (tertiary/aromatic N) is 4. The molecule has 20 heavy (non-hydrogen) atoms. The molecule has 6 nitrogen and oxygen atoms in total. The van der Waals surface area contributed by atoms with E-state index in [0.717, 1.165) is 37.2 Å². The molecule has 2 aromatic heterocycles. The smallest absolute Gasteiger partial charge is 0.355 e. The molecule has 0 aromatic carbocycles. The number of carboxylic acids is 1. The van der Waals surface area contributed by atoms with Gasteiger partial charge in [-0.15, -0.1) is 0 Å². The highest BCUT2D eigenvalue weighted by Crippen LogP contribution is 2.33. The molecule has 0 radical (unpaired) electrons. The van der Waals surface area contributed by atoms with E-state index in [2.05, 4.69) is 28.8 Å². The van der Waals surface area contributed by atoms with Crippen LogP contribution in [0, 0.1) is 0 Å². The van der Waals surface area contributed by atoms with Gasteiger partial charge in [-0.25, -0.2) is 9.78 Å². The van der Waals surface area contributed by atoms with Gasteiger partial charge in [0.2, 0.25) is 0 Å². The predicted octanol–water partition coefficient (Wildman–Crippen LogP) is 1.98. The summed E-state index contributed by atoms with van der Waals surface area (Å²) in [6, 6.07) is 2.16. The summed E-state index contributed by atoms with van der Waals surface area (Å²) in [6.07, 6.45) is 4.45. The van der Waals surface area contributed by atoms with Gasteiger partial charge >= 0.3 is 5.97 Å². The molecule has 2 aromatic rings. The van der Waals surface area contributed by atoms with E-state index in [1.54, 1.807) is 16.8 Å². The van der Waals surface area contributed by atoms with Crippen molar-refractivity contribution in [2.75, 3.05) is 11.4 Å². The van der Waals surface area contributed by atoms with Crippen molar-refractivity contribution in [3.8, 4) is 0 Å². The van der Waals surface area contributed by atoms with Crippen molar-refractivity contribution in [2.24, 2.45) is 0 Å². The first-order chi connectivity index (χ1) is 9.67. The first kappa shape index (κ1) is 12.9. The second kappa shape index (κ2) is 4.77. The Balaban J connectivity index is 2.24. The highest BCUT2D eigenvalue weighted by atomic mass is 16.4. The molecule has 1 aliphatic heterocycles. The fourth-order valence-electron chi connectivity index (χ4n) is 3.09. The topological polar surface area (TPSA) is 70.7 Å². The molecule has 0 bridgehead atoms. The van der Waals surface area contributed by atoms with Crippen molar-refractivity contribution < 1.29 is 9.90 Å². The van der Waals surface area contributed by atoms with Crippen LogP contribution in [0.1, 0.15) is 42.7 Å². The number of carbonyl (C=O) groups is 1. The highest BCUT2D eigenvalue weighted by Gasteiger charge is 2.32. The van der Waals surface area contributed by atoms with Crippen LogP contribution in [0.15, 0.2) is 12.3 Å². The third kappa shape index (κ3) is 1.75. The maximum Gasteiger partial charge on any atom is 0.355 e. The van der Waals surface area contributed by atoms with Crippen molar-refractivity contribution in [2.45, 2.75) is 39.2 Å². The molecule has 0 aliphatic carbocycles. The number of aromatic nitrogens is 3. The molecule has 6 heteroatoms. The Kier molecular flexibility index (Phi) is 3.08. The Morgan fingerprint density at radius 1 is 1.45 bits per heavy atom. The SMILES string of the molecule is CCC(CC)N1CCc2c(C(=O)O)nc3ccnn3c21. The maximum absolute atomic E-state index is 11.4. The van der Waals surface area contributed by atoms with Gasteiger partial charge in [-0.3, -0.25) is 0 Å². The summed E-state index contributed by atoms with van der Waals surface area (Å²) < 4.78 is 1.77. The Labute approximate surface area is 117 Å². The van der Waals surface area contributed by atoms with Gasteiger partial charge in [-0.1, -0.05) is 13.8 Å². The molecule has 0 saturated carbocycles. The predicted molar refractivity (Wildman–Crippen MR) is 75.4 cm³/mol. The van der Waals surface area contributed by atoms with Crippen molar-refractivity contribution in [1.82, 2.24) is 14.6 Å². The number of carboxylic acid groups (broad SMARTS) is 1. The van der Waals surface area contributed by atoms with E-state index in [-0.39, 0.29) is 5.69 Å². The maximum atomic E-state index is 11.4. The van der Waals surface area contributed by atoms with Crippen LogP contribution in [0.4, 0.5) is 5.82 Å². The van der Waals surface area contributed by atoms with Crippen LogP contribution in [-0.2, 0) is 6.42 Å². The first-order valence-corrected chi connectivity index (χ1v) is 7.03. The average molecular weight is 274 g/mol. The monoisotopic (exact) mass is 274 g/mol. The molecule has 3 rings (SSSR count). The largest absolute Gasteiger partial charge is 0.476 e. The van der Waals surface area contributed by atoms with Crippen LogP contribution in [0.25, 0.3) is 5.65 Å². The van der Waals surface area contributed by atoms with E-state index in [1.807, 2.05) is 0 Å². The highest BCUT2D eigenvalue weighted by molar-refractivity contribution is 5.90. The van der Waals surface area contributed by atoms with Crippen LogP contribution in [0.5, 0.6) is 0 Å². The van der Waals surface area contributed by atoms with E-state index in [9.17, 15) is 9.90 Å². The van der Waals surface area contributed by atoms with E-state index in [1.165, 1.54) is 0 Å². The zero-order valence-electron chi connectivity index (χ0n) is 11.7. The summed E-state index contributed by atoms with van der Waals surface area (Å²) in [5.74, 6) is -0.0533. The molecule has 0 atom stereocenters. The van der Waals surface area contributed by atoms with E-state index in [0.29, 0.717) is 11.7 Å². The Bertz CT molecular complexity index is 660.